The van der Waals surface area contributed by atoms with Crippen LogP contribution in [0.4, 0.5) is 0 Å². The van der Waals surface area contributed by atoms with Crippen molar-refractivity contribution < 1.29 is 19.7 Å². The lowest BCUT2D eigenvalue weighted by molar-refractivity contribution is -0.135. The minimum atomic E-state index is -0.814. The van der Waals surface area contributed by atoms with Crippen LogP contribution in [0, 0.1) is 0 Å². The number of amides is 1. The van der Waals surface area contributed by atoms with Gasteiger partial charge in [0.25, 0.3) is 0 Å². The quantitative estimate of drug-likeness (QED) is 0.572. The van der Waals surface area contributed by atoms with Crippen LogP contribution in [0.1, 0.15) is 6.92 Å². The third-order valence-electron chi connectivity index (χ3n) is 2.04. The molecule has 2 N–H and O–H groups in total. The molecule has 0 aliphatic carbocycles. The first-order valence-corrected chi connectivity index (χ1v) is 4.36. The van der Waals surface area contributed by atoms with Crippen LogP contribution in [0.15, 0.2) is 0 Å². The number of hydrogen-bond donors (Lipinski definition) is 2. The van der Waals surface area contributed by atoms with Gasteiger partial charge >= 0.3 is 0 Å². The standard InChI is InChI=1S/C8H15NO4/c1-2-13-5-8(12)9-3-6(10)7(11)4-9/h6-7,10-11H,2-5H2,1H3/t6-,7+. The second-order valence-corrected chi connectivity index (χ2v) is 3.07. The van der Waals surface area contributed by atoms with Crippen LogP contribution in [0.25, 0.3) is 0 Å². The van der Waals surface area contributed by atoms with Crippen LogP contribution < -0.4 is 0 Å². The van der Waals surface area contributed by atoms with Crippen molar-refractivity contribution >= 4 is 5.91 Å². The smallest absolute Gasteiger partial charge is 0.248 e. The Morgan fingerprint density at radius 1 is 1.46 bits per heavy atom. The molecule has 1 rings (SSSR count). The molecule has 0 aromatic heterocycles. The van der Waals surface area contributed by atoms with E-state index in [1.54, 1.807) is 6.92 Å². The number of carbonyl (C=O) groups excluding carboxylic acids is 1. The molecule has 5 heteroatoms. The molecule has 1 aliphatic rings. The Bertz CT molecular complexity index is 175. The molecule has 13 heavy (non-hydrogen) atoms. The first-order chi connectivity index (χ1) is 6.15. The number of rotatable bonds is 3. The first kappa shape index (κ1) is 10.4. The lowest BCUT2D eigenvalue weighted by Gasteiger charge is -2.14. The van der Waals surface area contributed by atoms with Gasteiger partial charge in [0, 0.05) is 19.7 Å². The van der Waals surface area contributed by atoms with Crippen molar-refractivity contribution in [2.45, 2.75) is 19.1 Å². The number of β-amino-alcohol motifs (C(OH)–C–C–N with tert-alkyl or cyclic N) is 2. The van der Waals surface area contributed by atoms with Crippen molar-refractivity contribution in [3.05, 3.63) is 0 Å². The molecule has 0 saturated carbocycles. The van der Waals surface area contributed by atoms with Gasteiger partial charge in [0.1, 0.15) is 6.61 Å². The molecule has 1 fully saturated rings. The molecule has 0 unspecified atom stereocenters. The molecule has 1 saturated heterocycles. The van der Waals surface area contributed by atoms with Gasteiger partial charge in [-0.05, 0) is 6.92 Å². The number of nitrogens with zero attached hydrogens (tertiary/aromatic N) is 1. The van der Waals surface area contributed by atoms with E-state index in [2.05, 4.69) is 0 Å². The van der Waals surface area contributed by atoms with E-state index >= 15 is 0 Å². The summed E-state index contributed by atoms with van der Waals surface area (Å²) in [6.45, 7) is 2.72. The summed E-state index contributed by atoms with van der Waals surface area (Å²) in [5.74, 6) is -0.183. The maximum Gasteiger partial charge on any atom is 0.248 e. The Labute approximate surface area is 76.9 Å². The van der Waals surface area contributed by atoms with E-state index in [0.717, 1.165) is 0 Å². The predicted molar refractivity (Wildman–Crippen MR) is 45.1 cm³/mol. The van der Waals surface area contributed by atoms with Gasteiger partial charge in [0.2, 0.25) is 5.91 Å². The van der Waals surface area contributed by atoms with E-state index < -0.39 is 12.2 Å². The minimum absolute atomic E-state index is 0.0237. The predicted octanol–water partition coefficient (Wildman–Crippen LogP) is -1.41. The van der Waals surface area contributed by atoms with Crippen molar-refractivity contribution in [3.8, 4) is 0 Å². The van der Waals surface area contributed by atoms with Crippen molar-refractivity contribution in [2.24, 2.45) is 0 Å². The topological polar surface area (TPSA) is 70.0 Å². The van der Waals surface area contributed by atoms with Gasteiger partial charge in [-0.2, -0.15) is 0 Å². The molecule has 1 aliphatic heterocycles. The van der Waals surface area contributed by atoms with Crippen LogP contribution in [-0.2, 0) is 9.53 Å². The fourth-order valence-corrected chi connectivity index (χ4v) is 1.25. The highest BCUT2D eigenvalue weighted by Crippen LogP contribution is 2.09. The molecule has 5 nitrogen and oxygen atoms in total. The number of likely N-dealkylation sites (tertiary alicyclic amines) is 1. The maximum atomic E-state index is 11.3. The van der Waals surface area contributed by atoms with Crippen molar-refractivity contribution in [3.63, 3.8) is 0 Å². The molecule has 76 valence electrons. The fraction of sp³-hybridized carbons (Fsp3) is 0.875. The third kappa shape index (κ3) is 2.65. The number of carbonyl (C=O) groups is 1. The van der Waals surface area contributed by atoms with E-state index in [-0.39, 0.29) is 25.6 Å². The van der Waals surface area contributed by atoms with E-state index in [1.165, 1.54) is 4.90 Å². The summed E-state index contributed by atoms with van der Waals surface area (Å²) in [6, 6.07) is 0. The van der Waals surface area contributed by atoms with Gasteiger partial charge in [-0.1, -0.05) is 0 Å². The van der Waals surface area contributed by atoms with Crippen molar-refractivity contribution in [1.82, 2.24) is 4.90 Å². The average molecular weight is 189 g/mol. The zero-order valence-corrected chi connectivity index (χ0v) is 7.64. The molecule has 0 aromatic rings. The van der Waals surface area contributed by atoms with Gasteiger partial charge in [0.15, 0.2) is 0 Å². The van der Waals surface area contributed by atoms with Crippen molar-refractivity contribution in [1.29, 1.82) is 0 Å². The summed E-state index contributed by atoms with van der Waals surface area (Å²) < 4.78 is 4.92. The van der Waals surface area contributed by atoms with E-state index in [9.17, 15) is 4.79 Å². The highest BCUT2D eigenvalue weighted by molar-refractivity contribution is 5.77. The number of aliphatic hydroxyl groups is 2. The summed E-state index contributed by atoms with van der Waals surface area (Å²) >= 11 is 0. The zero-order valence-electron chi connectivity index (χ0n) is 7.64. The molecular weight excluding hydrogens is 174 g/mol. The van der Waals surface area contributed by atoms with Crippen LogP contribution in [-0.4, -0.2) is 59.5 Å². The van der Waals surface area contributed by atoms with Crippen molar-refractivity contribution in [2.75, 3.05) is 26.3 Å². The van der Waals surface area contributed by atoms with Gasteiger partial charge in [0.05, 0.1) is 12.2 Å². The zero-order chi connectivity index (χ0) is 9.84. The SMILES string of the molecule is CCOCC(=O)N1C[C@@H](O)[C@@H](O)C1. The van der Waals surface area contributed by atoms with Crippen LogP contribution in [0.2, 0.25) is 0 Å². The average Bonchev–Trinajstić information content (AvgIpc) is 2.43. The molecular formula is C8H15NO4. The van der Waals surface area contributed by atoms with Gasteiger partial charge in [-0.3, -0.25) is 4.79 Å². The molecule has 2 atom stereocenters. The molecule has 0 bridgehead atoms. The number of ether oxygens (including phenoxy) is 1. The third-order valence-corrected chi connectivity index (χ3v) is 2.04. The monoisotopic (exact) mass is 189 g/mol. The van der Waals surface area contributed by atoms with Gasteiger partial charge in [-0.15, -0.1) is 0 Å². The van der Waals surface area contributed by atoms with Crippen LogP contribution >= 0.6 is 0 Å². The second kappa shape index (κ2) is 4.55. The molecule has 1 amide bonds. The molecule has 1 heterocycles. The summed E-state index contributed by atoms with van der Waals surface area (Å²) in [4.78, 5) is 12.7. The summed E-state index contributed by atoms with van der Waals surface area (Å²) in [7, 11) is 0. The second-order valence-electron chi connectivity index (χ2n) is 3.07. The van der Waals surface area contributed by atoms with E-state index in [1.807, 2.05) is 0 Å². The Hall–Kier alpha value is -0.650. The highest BCUT2D eigenvalue weighted by Gasteiger charge is 2.32. The van der Waals surface area contributed by atoms with Crippen LogP contribution in [0.3, 0.4) is 0 Å². The molecule has 0 aromatic carbocycles. The Morgan fingerprint density at radius 3 is 2.46 bits per heavy atom. The highest BCUT2D eigenvalue weighted by atomic mass is 16.5. The lowest BCUT2D eigenvalue weighted by Crippen LogP contribution is -2.33. The fourth-order valence-electron chi connectivity index (χ4n) is 1.25. The lowest BCUT2D eigenvalue weighted by atomic mass is 10.3. The molecule has 0 radical (unpaired) electrons. The summed E-state index contributed by atoms with van der Waals surface area (Å²) in [5.41, 5.74) is 0. The minimum Gasteiger partial charge on any atom is -0.388 e. The van der Waals surface area contributed by atoms with Crippen LogP contribution in [0.5, 0.6) is 0 Å². The van der Waals surface area contributed by atoms with E-state index in [0.29, 0.717) is 6.61 Å². The Kier molecular flexibility index (Phi) is 3.65. The van der Waals surface area contributed by atoms with Gasteiger partial charge in [-0.25, -0.2) is 0 Å². The maximum absolute atomic E-state index is 11.3. The summed E-state index contributed by atoms with van der Waals surface area (Å²) in [5, 5.41) is 18.3. The normalized spacial score (nSPS) is 28.1. The first-order valence-electron chi connectivity index (χ1n) is 4.36. The molecule has 0 spiro atoms. The largest absolute Gasteiger partial charge is 0.388 e. The Balaban J connectivity index is 2.33. The summed E-state index contributed by atoms with van der Waals surface area (Å²) in [6.07, 6.45) is -1.63. The number of hydrogen-bond acceptors (Lipinski definition) is 4. The van der Waals surface area contributed by atoms with E-state index in [4.69, 9.17) is 14.9 Å². The van der Waals surface area contributed by atoms with Gasteiger partial charge < -0.3 is 19.8 Å². The number of aliphatic hydroxyl groups excluding tert-OH is 2. The Morgan fingerprint density at radius 2 is 2.00 bits per heavy atom.